The van der Waals surface area contributed by atoms with Crippen LogP contribution in [-0.4, -0.2) is 21.9 Å². The maximum absolute atomic E-state index is 12.8. The molecule has 1 aliphatic carbocycles. The Balaban J connectivity index is 1.86. The van der Waals surface area contributed by atoms with Crippen LogP contribution in [0.25, 0.3) is 16.5 Å². The van der Waals surface area contributed by atoms with Crippen LogP contribution in [0.2, 0.25) is 0 Å². The van der Waals surface area contributed by atoms with Gasteiger partial charge in [-0.2, -0.15) is 9.78 Å². The molecule has 0 N–H and O–H groups in total. The number of carbonyl (C=O) groups excluding carboxylic acids is 1. The Morgan fingerprint density at radius 1 is 0.960 bits per heavy atom. The van der Waals surface area contributed by atoms with Crippen LogP contribution in [-0.2, 0) is 4.74 Å². The van der Waals surface area contributed by atoms with E-state index in [1.54, 1.807) is 36.4 Å². The predicted octanol–water partition coefficient (Wildman–Crippen LogP) is 3.49. The van der Waals surface area contributed by atoms with E-state index in [-0.39, 0.29) is 17.4 Å². The number of carbonyl (C=O) groups is 1. The molecule has 0 amide bonds. The summed E-state index contributed by atoms with van der Waals surface area (Å²) in [4.78, 5) is 25.5. The second-order valence-electron chi connectivity index (χ2n) is 6.26. The van der Waals surface area contributed by atoms with Gasteiger partial charge in [0.15, 0.2) is 5.69 Å². The highest BCUT2D eigenvalue weighted by molar-refractivity contribution is 6.02. The van der Waals surface area contributed by atoms with Gasteiger partial charge in [0.2, 0.25) is 0 Å². The first-order valence-electron chi connectivity index (χ1n) is 8.52. The van der Waals surface area contributed by atoms with E-state index in [0.29, 0.717) is 16.5 Å². The zero-order chi connectivity index (χ0) is 17.2. The summed E-state index contributed by atoms with van der Waals surface area (Å²) in [6.07, 6.45) is 3.89. The summed E-state index contributed by atoms with van der Waals surface area (Å²) in [5, 5.41) is 5.33. The van der Waals surface area contributed by atoms with Crippen molar-refractivity contribution < 1.29 is 9.53 Å². The van der Waals surface area contributed by atoms with Gasteiger partial charge in [-0.3, -0.25) is 4.79 Å². The highest BCUT2D eigenvalue weighted by atomic mass is 16.5. The largest absolute Gasteiger partial charge is 0.458 e. The van der Waals surface area contributed by atoms with E-state index in [0.717, 1.165) is 25.7 Å². The van der Waals surface area contributed by atoms with Crippen molar-refractivity contribution in [2.24, 2.45) is 0 Å². The number of rotatable bonds is 3. The predicted molar refractivity (Wildman–Crippen MR) is 95.0 cm³/mol. The van der Waals surface area contributed by atoms with Crippen molar-refractivity contribution >= 4 is 16.7 Å². The summed E-state index contributed by atoms with van der Waals surface area (Å²) in [6, 6.07) is 16.1. The molecule has 0 saturated heterocycles. The molecule has 1 aromatic heterocycles. The van der Waals surface area contributed by atoms with Crippen LogP contribution in [0, 0.1) is 0 Å². The number of fused-ring (bicyclic) bond motifs is 1. The Morgan fingerprint density at radius 2 is 1.60 bits per heavy atom. The van der Waals surface area contributed by atoms with E-state index in [4.69, 9.17) is 4.74 Å². The average molecular weight is 334 g/mol. The maximum atomic E-state index is 12.8. The van der Waals surface area contributed by atoms with E-state index in [1.807, 2.05) is 18.2 Å². The molecule has 4 rings (SSSR count). The first kappa shape index (κ1) is 15.6. The second-order valence-corrected chi connectivity index (χ2v) is 6.26. The molecule has 5 heteroatoms. The number of hydrogen-bond acceptors (Lipinski definition) is 4. The van der Waals surface area contributed by atoms with E-state index >= 15 is 0 Å². The normalized spacial score (nSPS) is 14.7. The van der Waals surface area contributed by atoms with E-state index < -0.39 is 5.97 Å². The van der Waals surface area contributed by atoms with Crippen molar-refractivity contribution in [1.29, 1.82) is 0 Å². The summed E-state index contributed by atoms with van der Waals surface area (Å²) in [5.41, 5.74) is 0.554. The lowest BCUT2D eigenvalue weighted by Crippen LogP contribution is -2.26. The third-order valence-corrected chi connectivity index (χ3v) is 4.57. The van der Waals surface area contributed by atoms with E-state index in [9.17, 15) is 9.59 Å². The van der Waals surface area contributed by atoms with Crippen LogP contribution >= 0.6 is 0 Å². The van der Waals surface area contributed by atoms with Crippen LogP contribution in [0.1, 0.15) is 36.2 Å². The molecule has 1 fully saturated rings. The molecule has 126 valence electrons. The molecule has 0 atom stereocenters. The number of benzene rings is 2. The van der Waals surface area contributed by atoms with E-state index in [1.165, 1.54) is 4.68 Å². The van der Waals surface area contributed by atoms with Gasteiger partial charge in [0, 0.05) is 5.39 Å². The van der Waals surface area contributed by atoms with Crippen LogP contribution in [0.3, 0.4) is 0 Å². The molecule has 1 saturated carbocycles. The van der Waals surface area contributed by atoms with Crippen LogP contribution in [0.5, 0.6) is 0 Å². The monoisotopic (exact) mass is 334 g/mol. The molecule has 0 aliphatic heterocycles. The van der Waals surface area contributed by atoms with Crippen LogP contribution in [0.4, 0.5) is 0 Å². The second kappa shape index (κ2) is 6.51. The average Bonchev–Trinajstić information content (AvgIpc) is 3.16. The number of aromatic nitrogens is 2. The van der Waals surface area contributed by atoms with Gasteiger partial charge in [0.25, 0.3) is 5.56 Å². The molecule has 5 nitrogen and oxygen atoms in total. The topological polar surface area (TPSA) is 61.2 Å². The first-order chi connectivity index (χ1) is 12.2. The SMILES string of the molecule is O=C(OC1CCCC1)c1nn(-c2ccccc2)c(=O)c2ccccc12. The standard InChI is InChI=1S/C20H18N2O3/c23-19-17-13-7-6-12-16(17)18(20(24)25-15-10-4-5-11-15)21-22(19)14-8-2-1-3-9-14/h1-3,6-9,12-13,15H,4-5,10-11H2. The Kier molecular flexibility index (Phi) is 4.06. The maximum Gasteiger partial charge on any atom is 0.359 e. The van der Waals surface area contributed by atoms with Crippen LogP contribution < -0.4 is 5.56 Å². The van der Waals surface area contributed by atoms with Crippen molar-refractivity contribution in [2.75, 3.05) is 0 Å². The Labute approximate surface area is 144 Å². The van der Waals surface area contributed by atoms with E-state index in [2.05, 4.69) is 5.10 Å². The minimum absolute atomic E-state index is 0.0508. The molecule has 0 unspecified atom stereocenters. The minimum Gasteiger partial charge on any atom is -0.458 e. The number of hydrogen-bond donors (Lipinski definition) is 0. The molecule has 25 heavy (non-hydrogen) atoms. The molecule has 1 heterocycles. The molecular formula is C20H18N2O3. The lowest BCUT2D eigenvalue weighted by molar-refractivity contribution is 0.0311. The Morgan fingerprint density at radius 3 is 2.32 bits per heavy atom. The summed E-state index contributed by atoms with van der Waals surface area (Å²) >= 11 is 0. The smallest absolute Gasteiger partial charge is 0.359 e. The molecule has 0 bridgehead atoms. The minimum atomic E-state index is -0.465. The number of ether oxygens (including phenoxy) is 1. The third kappa shape index (κ3) is 2.93. The fraction of sp³-hybridized carbons (Fsp3) is 0.250. The van der Waals surface area contributed by atoms with Gasteiger partial charge in [0.05, 0.1) is 11.1 Å². The molecule has 3 aromatic rings. The van der Waals surface area contributed by atoms with Crippen molar-refractivity contribution in [3.8, 4) is 5.69 Å². The molecular weight excluding hydrogens is 316 g/mol. The summed E-state index contributed by atoms with van der Waals surface area (Å²) in [5.74, 6) is -0.465. The Bertz CT molecular complexity index is 973. The molecule has 0 spiro atoms. The lowest BCUT2D eigenvalue weighted by Gasteiger charge is -2.14. The first-order valence-corrected chi connectivity index (χ1v) is 8.52. The van der Waals surface area contributed by atoms with Gasteiger partial charge in [-0.1, -0.05) is 36.4 Å². The van der Waals surface area contributed by atoms with Crippen molar-refractivity contribution in [3.63, 3.8) is 0 Å². The summed E-state index contributed by atoms with van der Waals surface area (Å²) in [6.45, 7) is 0. The highest BCUT2D eigenvalue weighted by Gasteiger charge is 2.24. The number of nitrogens with zero attached hydrogens (tertiary/aromatic N) is 2. The zero-order valence-corrected chi connectivity index (χ0v) is 13.7. The summed E-state index contributed by atoms with van der Waals surface area (Å²) < 4.78 is 6.89. The fourth-order valence-electron chi connectivity index (χ4n) is 3.30. The third-order valence-electron chi connectivity index (χ3n) is 4.57. The van der Waals surface area contributed by atoms with Gasteiger partial charge in [-0.15, -0.1) is 0 Å². The quantitative estimate of drug-likeness (QED) is 0.688. The van der Waals surface area contributed by atoms with Gasteiger partial charge >= 0.3 is 5.97 Å². The number of para-hydroxylation sites is 1. The van der Waals surface area contributed by atoms with Gasteiger partial charge in [0.1, 0.15) is 6.10 Å². The van der Waals surface area contributed by atoms with Gasteiger partial charge < -0.3 is 4.74 Å². The highest BCUT2D eigenvalue weighted by Crippen LogP contribution is 2.23. The molecule has 0 radical (unpaired) electrons. The molecule has 2 aromatic carbocycles. The van der Waals surface area contributed by atoms with Crippen molar-refractivity contribution in [1.82, 2.24) is 9.78 Å². The van der Waals surface area contributed by atoms with Crippen LogP contribution in [0.15, 0.2) is 59.4 Å². The van der Waals surface area contributed by atoms with Gasteiger partial charge in [-0.25, -0.2) is 4.79 Å². The zero-order valence-electron chi connectivity index (χ0n) is 13.7. The Hall–Kier alpha value is -2.95. The fourth-order valence-corrected chi connectivity index (χ4v) is 3.30. The summed E-state index contributed by atoms with van der Waals surface area (Å²) in [7, 11) is 0. The van der Waals surface area contributed by atoms with Gasteiger partial charge in [-0.05, 0) is 43.9 Å². The molecule has 1 aliphatic rings. The van der Waals surface area contributed by atoms with Crippen molar-refractivity contribution in [3.05, 3.63) is 70.6 Å². The number of esters is 1. The van der Waals surface area contributed by atoms with Crippen molar-refractivity contribution in [2.45, 2.75) is 31.8 Å². The lowest BCUT2D eigenvalue weighted by atomic mass is 10.1.